The van der Waals surface area contributed by atoms with Crippen LogP contribution >= 0.6 is 0 Å². The van der Waals surface area contributed by atoms with Gasteiger partial charge in [0.05, 0.1) is 0 Å². The smallest absolute Gasteiger partial charge is 0.223 e. The zero-order valence-electron chi connectivity index (χ0n) is 13.9. The van der Waals surface area contributed by atoms with Gasteiger partial charge in [-0.1, -0.05) is 47.0 Å². The normalized spacial score (nSPS) is 27.4. The molecular formula is C17H34N2O. The van der Waals surface area contributed by atoms with E-state index in [4.69, 9.17) is 5.73 Å². The summed E-state index contributed by atoms with van der Waals surface area (Å²) in [4.78, 5) is 12.3. The van der Waals surface area contributed by atoms with Crippen molar-refractivity contribution in [1.29, 1.82) is 0 Å². The van der Waals surface area contributed by atoms with Crippen molar-refractivity contribution >= 4 is 5.91 Å². The van der Waals surface area contributed by atoms with E-state index in [9.17, 15) is 4.79 Å². The Morgan fingerprint density at radius 1 is 1.30 bits per heavy atom. The third kappa shape index (κ3) is 5.82. The van der Waals surface area contributed by atoms with Crippen LogP contribution in [-0.2, 0) is 4.79 Å². The van der Waals surface area contributed by atoms with Crippen LogP contribution in [0.1, 0.15) is 72.6 Å². The Morgan fingerprint density at radius 3 is 2.60 bits per heavy atom. The summed E-state index contributed by atoms with van der Waals surface area (Å²) in [5.74, 6) is 0.889. The molecular weight excluding hydrogens is 248 g/mol. The number of rotatable bonds is 7. The van der Waals surface area contributed by atoms with E-state index in [2.05, 4.69) is 33.0 Å². The fourth-order valence-electron chi connectivity index (χ4n) is 3.07. The molecule has 3 nitrogen and oxygen atoms in total. The van der Waals surface area contributed by atoms with Gasteiger partial charge < -0.3 is 11.1 Å². The molecule has 0 bridgehead atoms. The lowest BCUT2D eigenvalue weighted by Crippen LogP contribution is -2.42. The minimum absolute atomic E-state index is 0.177. The average molecular weight is 282 g/mol. The van der Waals surface area contributed by atoms with E-state index >= 15 is 0 Å². The molecule has 20 heavy (non-hydrogen) atoms. The highest BCUT2D eigenvalue weighted by molar-refractivity contribution is 5.78. The molecule has 1 saturated carbocycles. The number of hydrogen-bond donors (Lipinski definition) is 2. The second-order valence-electron chi connectivity index (χ2n) is 7.49. The SMILES string of the molecule is CCCCCC(C)(C)CNC(=O)C1CCC(N)C(C)C1. The number of amides is 1. The first kappa shape index (κ1) is 17.5. The highest BCUT2D eigenvalue weighted by atomic mass is 16.1. The van der Waals surface area contributed by atoms with Crippen LogP contribution in [0.5, 0.6) is 0 Å². The van der Waals surface area contributed by atoms with Gasteiger partial charge in [0.15, 0.2) is 0 Å². The molecule has 118 valence electrons. The van der Waals surface area contributed by atoms with Crippen molar-refractivity contribution in [2.75, 3.05) is 6.54 Å². The third-order valence-electron chi connectivity index (χ3n) is 4.80. The second kappa shape index (κ2) is 8.02. The van der Waals surface area contributed by atoms with Gasteiger partial charge in [-0.15, -0.1) is 0 Å². The third-order valence-corrected chi connectivity index (χ3v) is 4.80. The topological polar surface area (TPSA) is 55.1 Å². The quantitative estimate of drug-likeness (QED) is 0.702. The molecule has 1 rings (SSSR count). The van der Waals surface area contributed by atoms with Gasteiger partial charge in [0.25, 0.3) is 0 Å². The molecule has 1 fully saturated rings. The number of nitrogens with one attached hydrogen (secondary N) is 1. The molecule has 3 heteroatoms. The first-order valence-corrected chi connectivity index (χ1v) is 8.39. The summed E-state index contributed by atoms with van der Waals surface area (Å²) in [6.45, 7) is 9.69. The van der Waals surface area contributed by atoms with E-state index in [0.29, 0.717) is 5.92 Å². The lowest BCUT2D eigenvalue weighted by atomic mass is 9.78. The minimum atomic E-state index is 0.177. The van der Waals surface area contributed by atoms with Crippen molar-refractivity contribution < 1.29 is 4.79 Å². The molecule has 1 aliphatic rings. The molecule has 0 aliphatic heterocycles. The van der Waals surface area contributed by atoms with Crippen LogP contribution < -0.4 is 11.1 Å². The Bertz CT molecular complexity index is 301. The van der Waals surface area contributed by atoms with Gasteiger partial charge >= 0.3 is 0 Å². The van der Waals surface area contributed by atoms with Gasteiger partial charge in [-0.25, -0.2) is 0 Å². The molecule has 0 aromatic carbocycles. The molecule has 0 heterocycles. The fraction of sp³-hybridized carbons (Fsp3) is 0.941. The van der Waals surface area contributed by atoms with E-state index in [1.54, 1.807) is 0 Å². The first-order valence-electron chi connectivity index (χ1n) is 8.39. The summed E-state index contributed by atoms with van der Waals surface area (Å²) in [5.41, 5.74) is 6.23. The van der Waals surface area contributed by atoms with Crippen molar-refractivity contribution in [1.82, 2.24) is 5.32 Å². The molecule has 0 spiro atoms. The van der Waals surface area contributed by atoms with Gasteiger partial charge in [-0.2, -0.15) is 0 Å². The standard InChI is InChI=1S/C17H34N2O/c1-5-6-7-10-17(3,4)12-19-16(20)14-8-9-15(18)13(2)11-14/h13-15H,5-12,18H2,1-4H3,(H,19,20). The Kier molecular flexibility index (Phi) is 7.01. The predicted octanol–water partition coefficient (Wildman–Crippen LogP) is 3.47. The summed E-state index contributed by atoms with van der Waals surface area (Å²) >= 11 is 0. The zero-order valence-corrected chi connectivity index (χ0v) is 13.9. The molecule has 0 saturated heterocycles. The fourth-order valence-corrected chi connectivity index (χ4v) is 3.07. The summed E-state index contributed by atoms with van der Waals surface area (Å²) in [6.07, 6.45) is 7.87. The molecule has 3 N–H and O–H groups in total. The molecule has 3 unspecified atom stereocenters. The van der Waals surface area contributed by atoms with E-state index in [0.717, 1.165) is 25.8 Å². The van der Waals surface area contributed by atoms with E-state index in [1.807, 2.05) is 0 Å². The number of carbonyl (C=O) groups is 1. The highest BCUT2D eigenvalue weighted by Gasteiger charge is 2.30. The maximum absolute atomic E-state index is 12.3. The zero-order chi connectivity index (χ0) is 15.2. The van der Waals surface area contributed by atoms with Crippen molar-refractivity contribution in [2.45, 2.75) is 78.7 Å². The Labute approximate surface area is 125 Å². The van der Waals surface area contributed by atoms with E-state index in [1.165, 1.54) is 25.7 Å². The van der Waals surface area contributed by atoms with Crippen LogP contribution in [0.25, 0.3) is 0 Å². The van der Waals surface area contributed by atoms with Crippen LogP contribution in [0.15, 0.2) is 0 Å². The van der Waals surface area contributed by atoms with Crippen molar-refractivity contribution in [3.63, 3.8) is 0 Å². The summed E-state index contributed by atoms with van der Waals surface area (Å²) in [7, 11) is 0. The molecule has 0 radical (unpaired) electrons. The minimum Gasteiger partial charge on any atom is -0.355 e. The summed E-state index contributed by atoms with van der Waals surface area (Å²) < 4.78 is 0. The van der Waals surface area contributed by atoms with Crippen LogP contribution in [0, 0.1) is 17.3 Å². The van der Waals surface area contributed by atoms with Crippen molar-refractivity contribution in [3.05, 3.63) is 0 Å². The first-order chi connectivity index (χ1) is 9.35. The Balaban J connectivity index is 2.31. The predicted molar refractivity (Wildman–Crippen MR) is 85.4 cm³/mol. The maximum atomic E-state index is 12.3. The van der Waals surface area contributed by atoms with Gasteiger partial charge in [0, 0.05) is 18.5 Å². The average Bonchev–Trinajstić information content (AvgIpc) is 2.39. The number of hydrogen-bond acceptors (Lipinski definition) is 2. The van der Waals surface area contributed by atoms with Crippen LogP contribution in [0.4, 0.5) is 0 Å². The number of unbranched alkanes of at least 4 members (excludes halogenated alkanes) is 2. The molecule has 1 aliphatic carbocycles. The summed E-state index contributed by atoms with van der Waals surface area (Å²) in [5, 5.41) is 3.18. The highest BCUT2D eigenvalue weighted by Crippen LogP contribution is 2.28. The van der Waals surface area contributed by atoms with Crippen molar-refractivity contribution in [2.24, 2.45) is 23.0 Å². The van der Waals surface area contributed by atoms with Gasteiger partial charge in [-0.05, 0) is 37.0 Å². The Morgan fingerprint density at radius 2 is 2.00 bits per heavy atom. The molecule has 0 aromatic rings. The van der Waals surface area contributed by atoms with E-state index in [-0.39, 0.29) is 23.3 Å². The van der Waals surface area contributed by atoms with Crippen molar-refractivity contribution in [3.8, 4) is 0 Å². The lowest BCUT2D eigenvalue weighted by Gasteiger charge is -2.32. The van der Waals surface area contributed by atoms with Crippen LogP contribution in [0.3, 0.4) is 0 Å². The molecule has 1 amide bonds. The van der Waals surface area contributed by atoms with Gasteiger partial charge in [0.2, 0.25) is 5.91 Å². The second-order valence-corrected chi connectivity index (χ2v) is 7.49. The number of carbonyl (C=O) groups excluding carboxylic acids is 1. The maximum Gasteiger partial charge on any atom is 0.223 e. The summed E-state index contributed by atoms with van der Waals surface area (Å²) in [6, 6.07) is 0.282. The molecule has 0 aromatic heterocycles. The van der Waals surface area contributed by atoms with E-state index < -0.39 is 0 Å². The largest absolute Gasteiger partial charge is 0.355 e. The van der Waals surface area contributed by atoms with Crippen LogP contribution in [0.2, 0.25) is 0 Å². The van der Waals surface area contributed by atoms with Gasteiger partial charge in [-0.3, -0.25) is 4.79 Å². The monoisotopic (exact) mass is 282 g/mol. The number of nitrogens with two attached hydrogens (primary N) is 1. The van der Waals surface area contributed by atoms with Gasteiger partial charge in [0.1, 0.15) is 0 Å². The van der Waals surface area contributed by atoms with Crippen LogP contribution in [-0.4, -0.2) is 18.5 Å². The lowest BCUT2D eigenvalue weighted by molar-refractivity contribution is -0.127. The Hall–Kier alpha value is -0.570. The molecule has 3 atom stereocenters.